The summed E-state index contributed by atoms with van der Waals surface area (Å²) in [4.78, 5) is 11.9. The lowest BCUT2D eigenvalue weighted by Gasteiger charge is -1.94. The summed E-state index contributed by atoms with van der Waals surface area (Å²) in [7, 11) is 0. The van der Waals surface area contributed by atoms with Crippen molar-refractivity contribution >= 4 is 17.4 Å². The summed E-state index contributed by atoms with van der Waals surface area (Å²) in [5, 5.41) is 7.54. The minimum atomic E-state index is -0.559. The summed E-state index contributed by atoms with van der Waals surface area (Å²) in [6.45, 7) is 3.44. The van der Waals surface area contributed by atoms with E-state index in [-0.39, 0.29) is 0 Å². The van der Waals surface area contributed by atoms with Crippen molar-refractivity contribution in [3.05, 3.63) is 17.0 Å². The van der Waals surface area contributed by atoms with E-state index >= 15 is 0 Å². The minimum Gasteiger partial charge on any atom is -0.365 e. The van der Waals surface area contributed by atoms with Crippen molar-refractivity contribution in [3.63, 3.8) is 0 Å². The molecule has 0 atom stereocenters. The van der Waals surface area contributed by atoms with E-state index in [0.29, 0.717) is 27.6 Å². The fraction of sp³-hybridized carbons (Fsp3) is 0.250. The van der Waals surface area contributed by atoms with E-state index in [9.17, 15) is 4.79 Å². The van der Waals surface area contributed by atoms with Gasteiger partial charge >= 0.3 is 0 Å². The van der Waals surface area contributed by atoms with Gasteiger partial charge in [-0.3, -0.25) is 4.79 Å². The summed E-state index contributed by atoms with van der Waals surface area (Å²) in [6, 6.07) is 0. The van der Waals surface area contributed by atoms with Crippen molar-refractivity contribution in [1.29, 1.82) is 0 Å². The highest BCUT2D eigenvalue weighted by Gasteiger charge is 2.22. The van der Waals surface area contributed by atoms with Crippen LogP contribution in [0.25, 0.3) is 10.6 Å². The molecule has 0 aliphatic carbocycles. The van der Waals surface area contributed by atoms with Gasteiger partial charge in [-0.15, -0.1) is 5.10 Å². The molecule has 2 aromatic heterocycles. The van der Waals surface area contributed by atoms with Gasteiger partial charge < -0.3 is 10.3 Å². The van der Waals surface area contributed by atoms with Crippen LogP contribution in [0, 0.1) is 13.8 Å². The molecule has 0 aromatic carbocycles. The molecular formula is C8H8N4O2S. The summed E-state index contributed by atoms with van der Waals surface area (Å²) < 4.78 is 8.82. The van der Waals surface area contributed by atoms with Crippen LogP contribution in [0.1, 0.15) is 21.7 Å². The number of primary amides is 1. The van der Waals surface area contributed by atoms with E-state index in [1.807, 2.05) is 0 Å². The third-order valence-electron chi connectivity index (χ3n) is 1.97. The van der Waals surface area contributed by atoms with Gasteiger partial charge in [0.2, 0.25) is 0 Å². The first-order chi connectivity index (χ1) is 7.11. The lowest BCUT2D eigenvalue weighted by molar-refractivity contribution is 0.1000. The van der Waals surface area contributed by atoms with Crippen LogP contribution in [-0.4, -0.2) is 20.7 Å². The molecule has 0 bridgehead atoms. The number of nitrogens with zero attached hydrogens (tertiary/aromatic N) is 3. The fourth-order valence-corrected chi connectivity index (χ4v) is 1.89. The average Bonchev–Trinajstić information content (AvgIpc) is 2.71. The molecule has 2 rings (SSSR count). The van der Waals surface area contributed by atoms with E-state index in [0.717, 1.165) is 11.5 Å². The standard InChI is InChI=1S/C8H8N4O2S/c1-3-5(8(9)13)6(14-11-3)7-4(2)10-12-15-7/h1-2H3,(H2,9,13). The minimum absolute atomic E-state index is 0.296. The molecule has 1 amide bonds. The zero-order valence-electron chi connectivity index (χ0n) is 8.14. The number of aromatic nitrogens is 3. The van der Waals surface area contributed by atoms with Crippen molar-refractivity contribution in [3.8, 4) is 10.6 Å². The number of rotatable bonds is 2. The Morgan fingerprint density at radius 1 is 1.40 bits per heavy atom. The van der Waals surface area contributed by atoms with Crippen molar-refractivity contribution in [2.24, 2.45) is 5.73 Å². The number of amides is 1. The summed E-state index contributed by atoms with van der Waals surface area (Å²) in [6.07, 6.45) is 0. The molecule has 2 aromatic rings. The summed E-state index contributed by atoms with van der Waals surface area (Å²) >= 11 is 1.14. The number of carbonyl (C=O) groups is 1. The molecule has 0 saturated heterocycles. The number of carbonyl (C=O) groups excluding carboxylic acids is 1. The second-order valence-electron chi connectivity index (χ2n) is 3.02. The van der Waals surface area contributed by atoms with E-state index in [1.165, 1.54) is 0 Å². The van der Waals surface area contributed by atoms with Gasteiger partial charge in [0.15, 0.2) is 5.76 Å². The highest BCUT2D eigenvalue weighted by Crippen LogP contribution is 2.30. The molecule has 15 heavy (non-hydrogen) atoms. The molecule has 6 nitrogen and oxygen atoms in total. The van der Waals surface area contributed by atoms with Crippen LogP contribution in [-0.2, 0) is 0 Å². The molecule has 0 radical (unpaired) electrons. The Labute approximate surface area is 89.2 Å². The van der Waals surface area contributed by atoms with Crippen molar-refractivity contribution in [1.82, 2.24) is 14.7 Å². The van der Waals surface area contributed by atoms with Crippen LogP contribution in [0.5, 0.6) is 0 Å². The maximum Gasteiger partial charge on any atom is 0.254 e. The molecule has 0 spiro atoms. The lowest BCUT2D eigenvalue weighted by atomic mass is 10.1. The number of hydrogen-bond acceptors (Lipinski definition) is 6. The van der Waals surface area contributed by atoms with Crippen LogP contribution in [0.4, 0.5) is 0 Å². The monoisotopic (exact) mass is 224 g/mol. The van der Waals surface area contributed by atoms with E-state index in [1.54, 1.807) is 13.8 Å². The molecule has 0 unspecified atom stereocenters. The molecule has 0 aliphatic rings. The van der Waals surface area contributed by atoms with Crippen molar-refractivity contribution in [2.75, 3.05) is 0 Å². The predicted molar refractivity (Wildman–Crippen MR) is 53.4 cm³/mol. The smallest absolute Gasteiger partial charge is 0.254 e. The average molecular weight is 224 g/mol. The molecule has 0 fully saturated rings. The first-order valence-electron chi connectivity index (χ1n) is 4.16. The SMILES string of the molecule is Cc1nnsc1-c1onc(C)c1C(N)=O. The van der Waals surface area contributed by atoms with Gasteiger partial charge in [0.25, 0.3) is 5.91 Å². The Morgan fingerprint density at radius 2 is 2.13 bits per heavy atom. The van der Waals surface area contributed by atoms with Crippen LogP contribution in [0.3, 0.4) is 0 Å². The Kier molecular flexibility index (Phi) is 2.24. The van der Waals surface area contributed by atoms with Gasteiger partial charge in [0.1, 0.15) is 10.4 Å². The van der Waals surface area contributed by atoms with E-state index in [4.69, 9.17) is 10.3 Å². The van der Waals surface area contributed by atoms with Gasteiger partial charge in [-0.05, 0) is 25.4 Å². The van der Waals surface area contributed by atoms with Gasteiger partial charge in [-0.1, -0.05) is 9.64 Å². The van der Waals surface area contributed by atoms with Gasteiger partial charge in [0, 0.05) is 0 Å². The molecule has 2 heterocycles. The Bertz CT molecular complexity index is 516. The van der Waals surface area contributed by atoms with E-state index < -0.39 is 5.91 Å². The van der Waals surface area contributed by atoms with Crippen molar-refractivity contribution < 1.29 is 9.32 Å². The molecule has 2 N–H and O–H groups in total. The van der Waals surface area contributed by atoms with Crippen LogP contribution >= 0.6 is 11.5 Å². The quantitative estimate of drug-likeness (QED) is 0.818. The van der Waals surface area contributed by atoms with E-state index in [2.05, 4.69) is 14.7 Å². The Hall–Kier alpha value is -1.76. The number of aryl methyl sites for hydroxylation is 2. The molecule has 0 aliphatic heterocycles. The molecule has 7 heteroatoms. The predicted octanol–water partition coefficient (Wildman–Crippen LogP) is 0.909. The summed E-state index contributed by atoms with van der Waals surface area (Å²) in [5.74, 6) is -0.205. The van der Waals surface area contributed by atoms with Crippen molar-refractivity contribution in [2.45, 2.75) is 13.8 Å². The second-order valence-corrected chi connectivity index (χ2v) is 3.78. The zero-order valence-corrected chi connectivity index (χ0v) is 8.96. The van der Waals surface area contributed by atoms with Gasteiger partial charge in [-0.2, -0.15) is 0 Å². The topological polar surface area (TPSA) is 94.9 Å². The third kappa shape index (κ3) is 1.50. The van der Waals surface area contributed by atoms with Crippen LogP contribution < -0.4 is 5.73 Å². The number of hydrogen-bond donors (Lipinski definition) is 1. The number of nitrogens with two attached hydrogens (primary N) is 1. The lowest BCUT2D eigenvalue weighted by Crippen LogP contribution is -2.12. The van der Waals surface area contributed by atoms with Gasteiger partial charge in [0.05, 0.1) is 11.4 Å². The van der Waals surface area contributed by atoms with Gasteiger partial charge in [-0.25, -0.2) is 0 Å². The maximum atomic E-state index is 11.2. The fourth-order valence-electron chi connectivity index (χ4n) is 1.25. The molecule has 78 valence electrons. The zero-order chi connectivity index (χ0) is 11.0. The first-order valence-corrected chi connectivity index (χ1v) is 4.94. The highest BCUT2D eigenvalue weighted by atomic mass is 32.1. The van der Waals surface area contributed by atoms with Crippen LogP contribution in [0.15, 0.2) is 4.52 Å². The Morgan fingerprint density at radius 3 is 2.67 bits per heavy atom. The second kappa shape index (κ2) is 3.43. The van der Waals surface area contributed by atoms with Crippen LogP contribution in [0.2, 0.25) is 0 Å². The Balaban J connectivity index is 2.64. The normalized spacial score (nSPS) is 10.5. The highest BCUT2D eigenvalue weighted by molar-refractivity contribution is 7.09. The maximum absolute atomic E-state index is 11.2. The summed E-state index contributed by atoms with van der Waals surface area (Å²) in [5.41, 5.74) is 6.71. The first kappa shape index (κ1) is 9.78. The third-order valence-corrected chi connectivity index (χ3v) is 2.79. The molecular weight excluding hydrogens is 216 g/mol. The molecule has 0 saturated carbocycles. The largest absolute Gasteiger partial charge is 0.365 e.